The van der Waals surface area contributed by atoms with Crippen molar-refractivity contribution in [3.63, 3.8) is 0 Å². The van der Waals surface area contributed by atoms with Gasteiger partial charge in [0.2, 0.25) is 0 Å². The van der Waals surface area contributed by atoms with Crippen LogP contribution in [0.2, 0.25) is 0 Å². The second kappa shape index (κ2) is 5.35. The first-order valence-electron chi connectivity index (χ1n) is 7.16. The topological polar surface area (TPSA) is 12.0 Å². The highest BCUT2D eigenvalue weighted by Gasteiger charge is 2.35. The molecule has 0 heterocycles. The van der Waals surface area contributed by atoms with Crippen molar-refractivity contribution in [2.75, 3.05) is 6.54 Å². The monoisotopic (exact) mass is 221 g/mol. The highest BCUT2D eigenvalue weighted by atomic mass is 14.9. The summed E-state index contributed by atoms with van der Waals surface area (Å²) in [6.45, 7) is 8.23. The van der Waals surface area contributed by atoms with Crippen LogP contribution >= 0.6 is 0 Å². The van der Waals surface area contributed by atoms with Crippen LogP contribution in [-0.4, -0.2) is 12.6 Å². The summed E-state index contributed by atoms with van der Waals surface area (Å²) in [6, 6.07) is 0.693. The Morgan fingerprint density at radius 1 is 1.19 bits per heavy atom. The molecule has 4 atom stereocenters. The van der Waals surface area contributed by atoms with Crippen molar-refractivity contribution in [1.29, 1.82) is 0 Å². The highest BCUT2D eigenvalue weighted by molar-refractivity contribution is 5.10. The van der Waals surface area contributed by atoms with Gasteiger partial charge in [-0.1, -0.05) is 38.8 Å². The van der Waals surface area contributed by atoms with Crippen LogP contribution in [0.3, 0.4) is 0 Å². The largest absolute Gasteiger partial charge is 0.314 e. The molecular weight excluding hydrogens is 194 g/mol. The van der Waals surface area contributed by atoms with Crippen LogP contribution in [-0.2, 0) is 0 Å². The van der Waals surface area contributed by atoms with Gasteiger partial charge in [0, 0.05) is 6.04 Å². The lowest BCUT2D eigenvalue weighted by Crippen LogP contribution is -2.37. The van der Waals surface area contributed by atoms with E-state index in [0.717, 1.165) is 23.7 Å². The first-order valence-corrected chi connectivity index (χ1v) is 7.16. The Morgan fingerprint density at radius 3 is 2.44 bits per heavy atom. The molecule has 0 aliphatic heterocycles. The maximum Gasteiger partial charge on any atom is 0.00669 e. The van der Waals surface area contributed by atoms with Crippen LogP contribution in [0.5, 0.6) is 0 Å². The molecular formula is C15H27N. The molecule has 2 aliphatic carbocycles. The van der Waals surface area contributed by atoms with Crippen LogP contribution in [0.25, 0.3) is 0 Å². The third kappa shape index (κ3) is 2.51. The number of rotatable bonds is 6. The van der Waals surface area contributed by atoms with E-state index in [4.69, 9.17) is 0 Å². The quantitative estimate of drug-likeness (QED) is 0.676. The maximum absolute atomic E-state index is 3.78. The minimum atomic E-state index is 0.693. The van der Waals surface area contributed by atoms with Crippen molar-refractivity contribution in [3.05, 3.63) is 12.2 Å². The number of nitrogens with one attached hydrogen (secondary N) is 1. The zero-order valence-electron chi connectivity index (χ0n) is 11.1. The Morgan fingerprint density at radius 2 is 1.94 bits per heavy atom. The average molecular weight is 221 g/mol. The molecule has 92 valence electrons. The third-order valence-corrected chi connectivity index (χ3v) is 4.87. The average Bonchev–Trinajstić information content (AvgIpc) is 2.89. The summed E-state index contributed by atoms with van der Waals surface area (Å²) in [5.74, 6) is 3.59. The van der Waals surface area contributed by atoms with E-state index < -0.39 is 0 Å². The standard InChI is InChI=1S/C15H27N/c1-4-13(5-2)11(3)16-10-15-9-12-6-7-14(15)8-12/h6-7,11-16H,4-5,8-10H2,1-3H3. The van der Waals surface area contributed by atoms with Crippen LogP contribution in [0.15, 0.2) is 12.2 Å². The van der Waals surface area contributed by atoms with Gasteiger partial charge in [-0.15, -0.1) is 0 Å². The van der Waals surface area contributed by atoms with Gasteiger partial charge in [-0.2, -0.15) is 0 Å². The smallest absolute Gasteiger partial charge is 0.00669 e. The predicted octanol–water partition coefficient (Wildman–Crippen LogP) is 3.61. The third-order valence-electron chi connectivity index (χ3n) is 4.87. The van der Waals surface area contributed by atoms with Crippen molar-refractivity contribution in [1.82, 2.24) is 5.32 Å². The van der Waals surface area contributed by atoms with Crippen molar-refractivity contribution < 1.29 is 0 Å². The lowest BCUT2D eigenvalue weighted by Gasteiger charge is -2.26. The van der Waals surface area contributed by atoms with E-state index in [1.54, 1.807) is 0 Å². The van der Waals surface area contributed by atoms with E-state index in [1.165, 1.54) is 32.2 Å². The summed E-state index contributed by atoms with van der Waals surface area (Å²) < 4.78 is 0. The Kier molecular flexibility index (Phi) is 4.07. The van der Waals surface area contributed by atoms with Crippen molar-refractivity contribution in [3.8, 4) is 0 Å². The summed E-state index contributed by atoms with van der Waals surface area (Å²) in [4.78, 5) is 0. The second-order valence-corrected chi connectivity index (χ2v) is 5.81. The molecule has 0 spiro atoms. The Hall–Kier alpha value is -0.300. The second-order valence-electron chi connectivity index (χ2n) is 5.81. The van der Waals surface area contributed by atoms with Crippen LogP contribution in [0.4, 0.5) is 0 Å². The summed E-state index contributed by atoms with van der Waals surface area (Å²) >= 11 is 0. The highest BCUT2D eigenvalue weighted by Crippen LogP contribution is 2.43. The Bertz CT molecular complexity index is 242. The lowest BCUT2D eigenvalue weighted by molar-refractivity contribution is 0.316. The van der Waals surface area contributed by atoms with E-state index in [9.17, 15) is 0 Å². The Balaban J connectivity index is 1.73. The van der Waals surface area contributed by atoms with Crippen molar-refractivity contribution >= 4 is 0 Å². The molecule has 1 saturated carbocycles. The van der Waals surface area contributed by atoms with Crippen molar-refractivity contribution in [2.45, 2.75) is 52.5 Å². The van der Waals surface area contributed by atoms with Gasteiger partial charge in [0.25, 0.3) is 0 Å². The minimum Gasteiger partial charge on any atom is -0.314 e. The van der Waals surface area contributed by atoms with Gasteiger partial charge in [0.1, 0.15) is 0 Å². The molecule has 0 saturated heterocycles. The molecule has 1 nitrogen and oxygen atoms in total. The molecule has 1 N–H and O–H groups in total. The lowest BCUT2D eigenvalue weighted by atomic mass is 9.91. The molecule has 4 unspecified atom stereocenters. The van der Waals surface area contributed by atoms with E-state index in [-0.39, 0.29) is 0 Å². The molecule has 16 heavy (non-hydrogen) atoms. The number of fused-ring (bicyclic) bond motifs is 2. The van der Waals surface area contributed by atoms with E-state index in [1.807, 2.05) is 0 Å². The molecule has 2 aliphatic rings. The van der Waals surface area contributed by atoms with Crippen molar-refractivity contribution in [2.24, 2.45) is 23.7 Å². The van der Waals surface area contributed by atoms with Gasteiger partial charge < -0.3 is 5.32 Å². The summed E-state index contributed by atoms with van der Waals surface area (Å²) in [6.07, 6.45) is 10.4. The molecule has 0 amide bonds. The summed E-state index contributed by atoms with van der Waals surface area (Å²) in [5.41, 5.74) is 0. The zero-order chi connectivity index (χ0) is 11.5. The summed E-state index contributed by atoms with van der Waals surface area (Å²) in [5, 5.41) is 3.78. The van der Waals surface area contributed by atoms with Gasteiger partial charge in [-0.3, -0.25) is 0 Å². The minimum absolute atomic E-state index is 0.693. The molecule has 0 aromatic carbocycles. The fourth-order valence-corrected chi connectivity index (χ4v) is 3.63. The first-order chi connectivity index (χ1) is 7.74. The zero-order valence-corrected chi connectivity index (χ0v) is 11.1. The summed E-state index contributed by atoms with van der Waals surface area (Å²) in [7, 11) is 0. The van der Waals surface area contributed by atoms with Gasteiger partial charge in [0.15, 0.2) is 0 Å². The van der Waals surface area contributed by atoms with Crippen LogP contribution < -0.4 is 5.32 Å². The molecule has 0 aromatic rings. The Labute approximate surface area is 101 Å². The molecule has 1 heteroatoms. The molecule has 1 fully saturated rings. The van der Waals surface area contributed by atoms with E-state index >= 15 is 0 Å². The molecule has 0 radical (unpaired) electrons. The van der Waals surface area contributed by atoms with Gasteiger partial charge in [-0.05, 0) is 50.0 Å². The SMILES string of the molecule is CCC(CC)C(C)NCC1CC2C=CC1C2. The number of hydrogen-bond donors (Lipinski definition) is 1. The predicted molar refractivity (Wildman–Crippen MR) is 70.4 cm³/mol. The molecule has 2 rings (SSSR count). The fourth-order valence-electron chi connectivity index (χ4n) is 3.63. The van der Waals surface area contributed by atoms with Crippen LogP contribution in [0, 0.1) is 23.7 Å². The number of hydrogen-bond acceptors (Lipinski definition) is 1. The van der Waals surface area contributed by atoms with Gasteiger partial charge in [0.05, 0.1) is 0 Å². The molecule has 0 aromatic heterocycles. The van der Waals surface area contributed by atoms with Crippen LogP contribution in [0.1, 0.15) is 46.5 Å². The van der Waals surface area contributed by atoms with E-state index in [2.05, 4.69) is 38.2 Å². The van der Waals surface area contributed by atoms with E-state index in [0.29, 0.717) is 6.04 Å². The van der Waals surface area contributed by atoms with Gasteiger partial charge >= 0.3 is 0 Å². The fraction of sp³-hybridized carbons (Fsp3) is 0.867. The first kappa shape index (κ1) is 12.2. The normalized spacial score (nSPS) is 33.9. The molecule has 2 bridgehead atoms. The van der Waals surface area contributed by atoms with Gasteiger partial charge in [-0.25, -0.2) is 0 Å². The maximum atomic E-state index is 3.78. The number of allylic oxidation sites excluding steroid dienone is 2.